The zero-order valence-corrected chi connectivity index (χ0v) is 12.2. The van der Waals surface area contributed by atoms with Crippen molar-refractivity contribution in [2.75, 3.05) is 19.6 Å². The largest absolute Gasteiger partial charge is 0.330 e. The predicted molar refractivity (Wildman–Crippen MR) is 74.9 cm³/mol. The first-order valence-electron chi connectivity index (χ1n) is 6.70. The highest BCUT2D eigenvalue weighted by atomic mass is 19.2. The molecular formula is C15H24F2N2. The summed E-state index contributed by atoms with van der Waals surface area (Å²) in [6.07, 6.45) is 0. The number of rotatable bonds is 6. The highest BCUT2D eigenvalue weighted by Gasteiger charge is 2.23. The van der Waals surface area contributed by atoms with Crippen LogP contribution in [0, 0.1) is 17.0 Å². The summed E-state index contributed by atoms with van der Waals surface area (Å²) in [5.74, 6) is -1.60. The molecule has 2 nitrogen and oxygen atoms in total. The Bertz CT molecular complexity index is 419. The third-order valence-electron chi connectivity index (χ3n) is 3.56. The summed E-state index contributed by atoms with van der Waals surface area (Å²) in [6.45, 7) is 10.5. The van der Waals surface area contributed by atoms with Crippen molar-refractivity contribution in [2.45, 2.75) is 33.7 Å². The predicted octanol–water partition coefficient (Wildman–Crippen LogP) is 3.33. The molecule has 1 aromatic carbocycles. The molecule has 0 aromatic heterocycles. The average molecular weight is 270 g/mol. The van der Waals surface area contributed by atoms with Crippen molar-refractivity contribution in [3.8, 4) is 0 Å². The van der Waals surface area contributed by atoms with E-state index in [2.05, 4.69) is 25.7 Å². The molecule has 0 spiro atoms. The lowest BCUT2D eigenvalue weighted by molar-refractivity contribution is 0.147. The van der Waals surface area contributed by atoms with E-state index in [1.807, 2.05) is 6.92 Å². The Morgan fingerprint density at radius 2 is 1.89 bits per heavy atom. The SMILES string of the molecule is CCN(CC(C)(C)CN)C(C)c1ccc(F)c(F)c1. The second-order valence-corrected chi connectivity index (χ2v) is 5.78. The molecule has 0 amide bonds. The van der Waals surface area contributed by atoms with Crippen LogP contribution in [0.2, 0.25) is 0 Å². The smallest absolute Gasteiger partial charge is 0.159 e. The third-order valence-corrected chi connectivity index (χ3v) is 3.56. The van der Waals surface area contributed by atoms with Crippen molar-refractivity contribution >= 4 is 0 Å². The maximum absolute atomic E-state index is 13.3. The van der Waals surface area contributed by atoms with Crippen LogP contribution in [0.4, 0.5) is 8.78 Å². The third kappa shape index (κ3) is 4.25. The Balaban J connectivity index is 2.89. The highest BCUT2D eigenvalue weighted by molar-refractivity contribution is 5.21. The Morgan fingerprint density at radius 1 is 1.26 bits per heavy atom. The van der Waals surface area contributed by atoms with Gasteiger partial charge in [-0.2, -0.15) is 0 Å². The molecule has 0 saturated heterocycles. The lowest BCUT2D eigenvalue weighted by atomic mass is 9.92. The van der Waals surface area contributed by atoms with E-state index in [1.165, 1.54) is 12.1 Å². The minimum absolute atomic E-state index is 0.00282. The van der Waals surface area contributed by atoms with Crippen LogP contribution in [-0.4, -0.2) is 24.5 Å². The van der Waals surface area contributed by atoms with Crippen molar-refractivity contribution < 1.29 is 8.78 Å². The van der Waals surface area contributed by atoms with E-state index in [9.17, 15) is 8.78 Å². The molecule has 0 saturated carbocycles. The van der Waals surface area contributed by atoms with Crippen LogP contribution in [-0.2, 0) is 0 Å². The van der Waals surface area contributed by atoms with E-state index in [1.54, 1.807) is 6.07 Å². The summed E-state index contributed by atoms with van der Waals surface area (Å²) in [4.78, 5) is 2.22. The molecule has 19 heavy (non-hydrogen) atoms. The number of hydrogen-bond donors (Lipinski definition) is 1. The number of benzene rings is 1. The monoisotopic (exact) mass is 270 g/mol. The van der Waals surface area contributed by atoms with Crippen LogP contribution in [0.5, 0.6) is 0 Å². The topological polar surface area (TPSA) is 29.3 Å². The quantitative estimate of drug-likeness (QED) is 0.859. The maximum atomic E-state index is 13.3. The van der Waals surface area contributed by atoms with Crippen molar-refractivity contribution in [3.63, 3.8) is 0 Å². The molecular weight excluding hydrogens is 246 g/mol. The highest BCUT2D eigenvalue weighted by Crippen LogP contribution is 2.25. The first kappa shape index (κ1) is 16.1. The molecule has 0 bridgehead atoms. The van der Waals surface area contributed by atoms with Crippen LogP contribution in [0.1, 0.15) is 39.3 Å². The fourth-order valence-corrected chi connectivity index (χ4v) is 2.12. The number of nitrogens with zero attached hydrogens (tertiary/aromatic N) is 1. The van der Waals surface area contributed by atoms with Crippen molar-refractivity contribution in [2.24, 2.45) is 11.1 Å². The van der Waals surface area contributed by atoms with E-state index < -0.39 is 11.6 Å². The van der Waals surface area contributed by atoms with Gasteiger partial charge in [0.05, 0.1) is 0 Å². The molecule has 0 fully saturated rings. The molecule has 1 unspecified atom stereocenters. The van der Waals surface area contributed by atoms with Crippen LogP contribution >= 0.6 is 0 Å². The first-order valence-corrected chi connectivity index (χ1v) is 6.70. The lowest BCUT2D eigenvalue weighted by Crippen LogP contribution is -2.40. The Morgan fingerprint density at radius 3 is 2.37 bits per heavy atom. The number of hydrogen-bond acceptors (Lipinski definition) is 2. The second-order valence-electron chi connectivity index (χ2n) is 5.78. The molecule has 1 aromatic rings. The molecule has 1 atom stereocenters. The molecule has 0 aliphatic carbocycles. The van der Waals surface area contributed by atoms with Crippen molar-refractivity contribution in [3.05, 3.63) is 35.4 Å². The number of nitrogens with two attached hydrogens (primary N) is 1. The standard InChI is InChI=1S/C15H24F2N2/c1-5-19(10-15(3,4)9-18)11(2)12-6-7-13(16)14(17)8-12/h6-8,11H,5,9-10,18H2,1-4H3. The second kappa shape index (κ2) is 6.44. The van der Waals surface area contributed by atoms with E-state index in [4.69, 9.17) is 5.73 Å². The summed E-state index contributed by atoms with van der Waals surface area (Å²) >= 11 is 0. The van der Waals surface area contributed by atoms with Crippen LogP contribution in [0.3, 0.4) is 0 Å². The van der Waals surface area contributed by atoms with Gasteiger partial charge in [-0.1, -0.05) is 26.8 Å². The van der Waals surface area contributed by atoms with Gasteiger partial charge in [0.2, 0.25) is 0 Å². The fraction of sp³-hybridized carbons (Fsp3) is 0.600. The van der Waals surface area contributed by atoms with Crippen molar-refractivity contribution in [1.82, 2.24) is 4.90 Å². The normalized spacial score (nSPS) is 13.9. The van der Waals surface area contributed by atoms with Gasteiger partial charge in [0.25, 0.3) is 0 Å². The van der Waals surface area contributed by atoms with Gasteiger partial charge in [0.15, 0.2) is 11.6 Å². The van der Waals surface area contributed by atoms with E-state index in [0.717, 1.165) is 18.7 Å². The van der Waals surface area contributed by atoms with Gasteiger partial charge in [-0.15, -0.1) is 0 Å². The van der Waals surface area contributed by atoms with E-state index >= 15 is 0 Å². The van der Waals surface area contributed by atoms with Gasteiger partial charge in [-0.25, -0.2) is 8.78 Å². The Kier molecular flexibility index (Phi) is 5.44. The van der Waals surface area contributed by atoms with Gasteiger partial charge in [-0.3, -0.25) is 4.90 Å². The summed E-state index contributed by atoms with van der Waals surface area (Å²) in [5.41, 5.74) is 6.54. The van der Waals surface area contributed by atoms with Gasteiger partial charge < -0.3 is 5.73 Å². The molecule has 108 valence electrons. The van der Waals surface area contributed by atoms with Crippen LogP contribution in [0.25, 0.3) is 0 Å². The fourth-order valence-electron chi connectivity index (χ4n) is 2.12. The van der Waals surface area contributed by atoms with Crippen LogP contribution < -0.4 is 5.73 Å². The lowest BCUT2D eigenvalue weighted by Gasteiger charge is -2.35. The summed E-state index contributed by atoms with van der Waals surface area (Å²) in [5, 5.41) is 0. The summed E-state index contributed by atoms with van der Waals surface area (Å²) in [7, 11) is 0. The number of halogens is 2. The molecule has 0 heterocycles. The molecule has 1 rings (SSSR count). The van der Waals surface area contributed by atoms with Crippen LogP contribution in [0.15, 0.2) is 18.2 Å². The molecule has 4 heteroatoms. The zero-order chi connectivity index (χ0) is 14.6. The minimum Gasteiger partial charge on any atom is -0.330 e. The Hall–Kier alpha value is -1.00. The molecule has 2 N–H and O–H groups in total. The minimum atomic E-state index is -0.804. The van der Waals surface area contributed by atoms with Gasteiger partial charge >= 0.3 is 0 Å². The van der Waals surface area contributed by atoms with E-state index in [-0.39, 0.29) is 11.5 Å². The van der Waals surface area contributed by atoms with Gasteiger partial charge in [0, 0.05) is 12.6 Å². The molecule has 0 aliphatic heterocycles. The Labute approximate surface area is 114 Å². The zero-order valence-electron chi connectivity index (χ0n) is 12.2. The van der Waals surface area contributed by atoms with Crippen molar-refractivity contribution in [1.29, 1.82) is 0 Å². The maximum Gasteiger partial charge on any atom is 0.159 e. The average Bonchev–Trinajstić information content (AvgIpc) is 2.38. The first-order chi connectivity index (χ1) is 8.80. The molecule has 0 aliphatic rings. The summed E-state index contributed by atoms with van der Waals surface area (Å²) in [6, 6.07) is 4.13. The van der Waals surface area contributed by atoms with E-state index in [0.29, 0.717) is 6.54 Å². The van der Waals surface area contributed by atoms with Gasteiger partial charge in [0.1, 0.15) is 0 Å². The molecule has 0 radical (unpaired) electrons. The van der Waals surface area contributed by atoms with Gasteiger partial charge in [-0.05, 0) is 43.1 Å². The summed E-state index contributed by atoms with van der Waals surface area (Å²) < 4.78 is 26.3.